The van der Waals surface area contributed by atoms with Crippen LogP contribution in [-0.4, -0.2) is 24.8 Å². The van der Waals surface area contributed by atoms with E-state index in [4.69, 9.17) is 10.7 Å². The monoisotopic (exact) mass is 318 g/mol. The SMILES string of the molecule is CC1(NC(=O)c2cc([N+](=O)[O-])cc(S(=O)(=O)Cl)c2)CC1. The number of rotatable bonds is 4. The van der Waals surface area contributed by atoms with Crippen LogP contribution in [0.4, 0.5) is 5.69 Å². The molecule has 0 saturated heterocycles. The lowest BCUT2D eigenvalue weighted by molar-refractivity contribution is -0.385. The van der Waals surface area contributed by atoms with Gasteiger partial charge in [-0.25, -0.2) is 8.42 Å². The Morgan fingerprint density at radius 3 is 2.45 bits per heavy atom. The number of nitrogens with zero attached hydrogens (tertiary/aromatic N) is 1. The topological polar surface area (TPSA) is 106 Å². The zero-order chi connectivity index (χ0) is 15.1. The summed E-state index contributed by atoms with van der Waals surface area (Å²) in [6.07, 6.45) is 1.63. The number of halogens is 1. The quantitative estimate of drug-likeness (QED) is 0.517. The third-order valence-electron chi connectivity index (χ3n) is 3.06. The van der Waals surface area contributed by atoms with Crippen LogP contribution in [0.25, 0.3) is 0 Å². The van der Waals surface area contributed by atoms with E-state index in [1.165, 1.54) is 0 Å². The van der Waals surface area contributed by atoms with E-state index >= 15 is 0 Å². The summed E-state index contributed by atoms with van der Waals surface area (Å²) in [6, 6.07) is 2.86. The number of nitro benzene ring substituents is 1. The molecule has 0 aromatic heterocycles. The molecule has 1 fully saturated rings. The zero-order valence-corrected chi connectivity index (χ0v) is 12.0. The molecule has 9 heteroatoms. The average molecular weight is 319 g/mol. The minimum atomic E-state index is -4.16. The Balaban J connectivity index is 2.44. The van der Waals surface area contributed by atoms with Crippen LogP contribution in [0.1, 0.15) is 30.1 Å². The Bertz CT molecular complexity index is 697. The van der Waals surface area contributed by atoms with Crippen LogP contribution in [0.5, 0.6) is 0 Å². The summed E-state index contributed by atoms with van der Waals surface area (Å²) in [5.41, 5.74) is -0.925. The Morgan fingerprint density at radius 1 is 1.40 bits per heavy atom. The highest BCUT2D eigenvalue weighted by molar-refractivity contribution is 8.13. The third-order valence-corrected chi connectivity index (χ3v) is 4.39. The van der Waals surface area contributed by atoms with E-state index in [-0.39, 0.29) is 11.1 Å². The van der Waals surface area contributed by atoms with Gasteiger partial charge in [-0.05, 0) is 25.8 Å². The van der Waals surface area contributed by atoms with Gasteiger partial charge in [0.05, 0.1) is 9.82 Å². The molecule has 1 amide bonds. The van der Waals surface area contributed by atoms with Crippen LogP contribution < -0.4 is 5.32 Å². The second kappa shape index (κ2) is 4.71. The van der Waals surface area contributed by atoms with Crippen LogP contribution in [0.3, 0.4) is 0 Å². The van der Waals surface area contributed by atoms with Gasteiger partial charge in [-0.3, -0.25) is 14.9 Å². The molecular weight excluding hydrogens is 308 g/mol. The largest absolute Gasteiger partial charge is 0.347 e. The van der Waals surface area contributed by atoms with Crippen molar-refractivity contribution in [1.29, 1.82) is 0 Å². The van der Waals surface area contributed by atoms with Crippen LogP contribution in [-0.2, 0) is 9.05 Å². The molecule has 1 saturated carbocycles. The van der Waals surface area contributed by atoms with Crippen LogP contribution >= 0.6 is 10.7 Å². The minimum absolute atomic E-state index is 0.105. The number of hydrogen-bond acceptors (Lipinski definition) is 5. The fourth-order valence-electron chi connectivity index (χ4n) is 1.62. The highest BCUT2D eigenvalue weighted by Gasteiger charge is 2.39. The van der Waals surface area contributed by atoms with Crippen molar-refractivity contribution in [3.05, 3.63) is 33.9 Å². The van der Waals surface area contributed by atoms with Gasteiger partial charge in [-0.1, -0.05) is 0 Å². The van der Waals surface area contributed by atoms with Crippen LogP contribution in [0.2, 0.25) is 0 Å². The number of nitrogens with one attached hydrogen (secondary N) is 1. The molecule has 0 atom stereocenters. The fraction of sp³-hybridized carbons (Fsp3) is 0.364. The van der Waals surface area contributed by atoms with Crippen molar-refractivity contribution in [2.75, 3.05) is 0 Å². The van der Waals surface area contributed by atoms with Gasteiger partial charge in [-0.2, -0.15) is 0 Å². The van der Waals surface area contributed by atoms with E-state index in [0.29, 0.717) is 0 Å². The summed E-state index contributed by atoms with van der Waals surface area (Å²) < 4.78 is 22.6. The molecule has 2 rings (SSSR count). The van der Waals surface area contributed by atoms with Crippen molar-refractivity contribution < 1.29 is 18.1 Å². The average Bonchev–Trinajstić information content (AvgIpc) is 3.05. The summed E-state index contributed by atoms with van der Waals surface area (Å²) in [5, 5.41) is 13.5. The summed E-state index contributed by atoms with van der Waals surface area (Å²) in [4.78, 5) is 21.5. The summed E-state index contributed by atoms with van der Waals surface area (Å²) in [5.74, 6) is -0.560. The minimum Gasteiger partial charge on any atom is -0.347 e. The normalized spacial score (nSPS) is 16.5. The van der Waals surface area contributed by atoms with Crippen molar-refractivity contribution in [2.24, 2.45) is 0 Å². The molecule has 1 aromatic carbocycles. The molecule has 0 aliphatic heterocycles. The van der Waals surface area contributed by atoms with Gasteiger partial charge in [0.15, 0.2) is 0 Å². The van der Waals surface area contributed by atoms with Gasteiger partial charge < -0.3 is 5.32 Å². The molecular formula is C11H11ClN2O5S. The molecule has 1 N–H and O–H groups in total. The van der Waals surface area contributed by atoms with Crippen molar-refractivity contribution >= 4 is 31.3 Å². The van der Waals surface area contributed by atoms with E-state index in [9.17, 15) is 23.3 Å². The van der Waals surface area contributed by atoms with E-state index < -0.39 is 30.5 Å². The molecule has 20 heavy (non-hydrogen) atoms. The second-order valence-corrected chi connectivity index (χ2v) is 7.49. The summed E-state index contributed by atoms with van der Waals surface area (Å²) in [7, 11) is 1.02. The number of nitro groups is 1. The van der Waals surface area contributed by atoms with Gasteiger partial charge in [0, 0.05) is 33.9 Å². The lowest BCUT2D eigenvalue weighted by Crippen LogP contribution is -2.34. The third kappa shape index (κ3) is 3.26. The number of hydrogen-bond donors (Lipinski definition) is 1. The summed E-state index contributed by atoms with van der Waals surface area (Å²) >= 11 is 0. The highest BCUT2D eigenvalue weighted by atomic mass is 35.7. The van der Waals surface area contributed by atoms with E-state index in [2.05, 4.69) is 5.32 Å². The maximum absolute atomic E-state index is 12.0. The van der Waals surface area contributed by atoms with Crippen LogP contribution in [0.15, 0.2) is 23.1 Å². The van der Waals surface area contributed by atoms with Crippen LogP contribution in [0, 0.1) is 10.1 Å². The molecule has 0 bridgehead atoms. The molecule has 0 unspecified atom stereocenters. The molecule has 1 aliphatic carbocycles. The van der Waals surface area contributed by atoms with Gasteiger partial charge in [-0.15, -0.1) is 0 Å². The highest BCUT2D eigenvalue weighted by Crippen LogP contribution is 2.34. The van der Waals surface area contributed by atoms with Gasteiger partial charge >= 0.3 is 0 Å². The molecule has 108 valence electrons. The van der Waals surface area contributed by atoms with Crippen molar-refractivity contribution in [3.63, 3.8) is 0 Å². The lowest BCUT2D eigenvalue weighted by Gasteiger charge is -2.11. The Kier molecular flexibility index (Phi) is 3.47. The zero-order valence-electron chi connectivity index (χ0n) is 10.4. The standard InChI is InChI=1S/C11H11ClN2O5S/c1-11(2-3-11)13-10(15)7-4-8(14(16)17)6-9(5-7)20(12,18)19/h4-6H,2-3H2,1H3,(H,13,15). The maximum Gasteiger partial charge on any atom is 0.271 e. The van der Waals surface area contributed by atoms with E-state index in [1.807, 2.05) is 6.92 Å². The summed E-state index contributed by atoms with van der Waals surface area (Å²) in [6.45, 7) is 1.83. The first kappa shape index (κ1) is 14.7. The fourth-order valence-corrected chi connectivity index (χ4v) is 2.42. The predicted octanol–water partition coefficient (Wildman–Crippen LogP) is 1.80. The molecule has 7 nitrogen and oxygen atoms in total. The van der Waals surface area contributed by atoms with Crippen molar-refractivity contribution in [2.45, 2.75) is 30.2 Å². The van der Waals surface area contributed by atoms with Crippen molar-refractivity contribution in [3.8, 4) is 0 Å². The van der Waals surface area contributed by atoms with E-state index in [0.717, 1.165) is 31.0 Å². The second-order valence-electron chi connectivity index (χ2n) is 4.93. The van der Waals surface area contributed by atoms with E-state index in [1.54, 1.807) is 0 Å². The first-order chi connectivity index (χ1) is 9.11. The Hall–Kier alpha value is -1.67. The molecule has 0 radical (unpaired) electrons. The Labute approximate surface area is 119 Å². The number of amides is 1. The molecule has 1 aliphatic rings. The van der Waals surface area contributed by atoms with Gasteiger partial charge in [0.25, 0.3) is 20.6 Å². The number of carbonyl (C=O) groups is 1. The molecule has 1 aromatic rings. The maximum atomic E-state index is 12.0. The number of non-ortho nitro benzene ring substituents is 1. The number of benzene rings is 1. The van der Waals surface area contributed by atoms with Gasteiger partial charge in [0.2, 0.25) is 0 Å². The smallest absolute Gasteiger partial charge is 0.271 e. The first-order valence-corrected chi connectivity index (χ1v) is 7.98. The first-order valence-electron chi connectivity index (χ1n) is 5.67. The number of carbonyl (C=O) groups excluding carboxylic acids is 1. The molecule has 0 spiro atoms. The molecule has 0 heterocycles. The predicted molar refractivity (Wildman–Crippen MR) is 71.2 cm³/mol. The lowest BCUT2D eigenvalue weighted by atomic mass is 10.1. The van der Waals surface area contributed by atoms with Crippen molar-refractivity contribution in [1.82, 2.24) is 5.32 Å². The Morgan fingerprint density at radius 2 is 2.00 bits per heavy atom. The van der Waals surface area contributed by atoms with Gasteiger partial charge in [0.1, 0.15) is 0 Å².